The van der Waals surface area contributed by atoms with E-state index in [9.17, 15) is 19.8 Å². The molecule has 0 aliphatic heterocycles. The van der Waals surface area contributed by atoms with Crippen molar-refractivity contribution in [1.29, 1.82) is 5.26 Å². The van der Waals surface area contributed by atoms with E-state index < -0.39 is 4.92 Å². The molecule has 3 aromatic rings. The van der Waals surface area contributed by atoms with E-state index in [4.69, 9.17) is 27.9 Å². The molecule has 8 heteroatoms. The molecule has 0 saturated carbocycles. The van der Waals surface area contributed by atoms with Crippen LogP contribution in [-0.4, -0.2) is 4.92 Å². The molecule has 5 nitrogen and oxygen atoms in total. The summed E-state index contributed by atoms with van der Waals surface area (Å²) in [5, 5.41) is 20.9. The Morgan fingerprint density at radius 1 is 1.13 bits per heavy atom. The predicted octanol–water partition coefficient (Wildman–Crippen LogP) is 6.68. The monoisotopic (exact) mass is 442 g/mol. The second-order valence-corrected chi connectivity index (χ2v) is 7.02. The maximum Gasteiger partial charge on any atom is 0.270 e. The van der Waals surface area contributed by atoms with Crippen molar-refractivity contribution in [2.45, 2.75) is 6.61 Å². The van der Waals surface area contributed by atoms with Gasteiger partial charge in [0, 0.05) is 12.1 Å². The quantitative estimate of drug-likeness (QED) is 0.184. The van der Waals surface area contributed by atoms with Crippen LogP contribution < -0.4 is 4.74 Å². The minimum Gasteiger partial charge on any atom is -0.486 e. The number of non-ortho nitro benzene ring substituents is 1. The molecule has 0 aliphatic rings. The van der Waals surface area contributed by atoms with Crippen molar-refractivity contribution in [3.8, 4) is 11.8 Å². The van der Waals surface area contributed by atoms with E-state index in [0.717, 1.165) is 5.56 Å². The smallest absolute Gasteiger partial charge is 0.270 e. The number of ether oxygens (including phenoxy) is 1. The fraction of sp³-hybridized carbons (Fsp3) is 0.0455. The van der Waals surface area contributed by atoms with Gasteiger partial charge < -0.3 is 4.74 Å². The topological polar surface area (TPSA) is 76.2 Å². The predicted molar refractivity (Wildman–Crippen MR) is 114 cm³/mol. The molecular weight excluding hydrogens is 430 g/mol. The van der Waals surface area contributed by atoms with Crippen LogP contribution in [0.5, 0.6) is 5.75 Å². The van der Waals surface area contributed by atoms with E-state index in [0.29, 0.717) is 11.1 Å². The molecule has 0 saturated heterocycles. The van der Waals surface area contributed by atoms with Gasteiger partial charge in [-0.1, -0.05) is 47.5 Å². The second-order valence-electron chi connectivity index (χ2n) is 6.21. The van der Waals surface area contributed by atoms with Gasteiger partial charge >= 0.3 is 0 Å². The van der Waals surface area contributed by atoms with E-state index >= 15 is 0 Å². The molecule has 0 radical (unpaired) electrons. The molecule has 3 aromatic carbocycles. The second kappa shape index (κ2) is 9.40. The van der Waals surface area contributed by atoms with Crippen molar-refractivity contribution in [3.05, 3.63) is 103 Å². The molecule has 0 N–H and O–H groups in total. The molecule has 150 valence electrons. The zero-order valence-electron chi connectivity index (χ0n) is 15.3. The minimum atomic E-state index is -0.528. The fourth-order valence-corrected chi connectivity index (χ4v) is 3.28. The Labute approximate surface area is 181 Å². The van der Waals surface area contributed by atoms with Crippen molar-refractivity contribution in [2.75, 3.05) is 0 Å². The van der Waals surface area contributed by atoms with Gasteiger partial charge in [-0.05, 0) is 47.0 Å². The lowest BCUT2D eigenvalue weighted by molar-refractivity contribution is -0.384. The summed E-state index contributed by atoms with van der Waals surface area (Å²) in [4.78, 5) is 10.4. The molecule has 0 fully saturated rings. The van der Waals surface area contributed by atoms with Crippen LogP contribution in [-0.2, 0) is 6.61 Å². The molecule has 0 unspecified atom stereocenters. The first-order valence-electron chi connectivity index (χ1n) is 8.60. The van der Waals surface area contributed by atoms with Crippen LogP contribution in [0.3, 0.4) is 0 Å². The molecule has 0 spiro atoms. The van der Waals surface area contributed by atoms with Gasteiger partial charge in [0.1, 0.15) is 12.4 Å². The summed E-state index contributed by atoms with van der Waals surface area (Å²) in [5.41, 5.74) is 1.77. The van der Waals surface area contributed by atoms with Gasteiger partial charge in [0.2, 0.25) is 0 Å². The number of benzene rings is 3. The fourth-order valence-electron chi connectivity index (χ4n) is 2.67. The molecule has 30 heavy (non-hydrogen) atoms. The highest BCUT2D eigenvalue weighted by Gasteiger charge is 2.12. The maximum atomic E-state index is 13.0. The van der Waals surface area contributed by atoms with E-state index in [1.54, 1.807) is 30.3 Å². The number of nitro groups is 1. The highest BCUT2D eigenvalue weighted by Crippen LogP contribution is 2.36. The summed E-state index contributed by atoms with van der Waals surface area (Å²) in [6.07, 6.45) is 1.53. The molecule has 0 heterocycles. The lowest BCUT2D eigenvalue weighted by Crippen LogP contribution is -1.97. The van der Waals surface area contributed by atoms with Gasteiger partial charge in [-0.3, -0.25) is 10.1 Å². The van der Waals surface area contributed by atoms with Crippen molar-refractivity contribution >= 4 is 40.5 Å². The van der Waals surface area contributed by atoms with Crippen LogP contribution in [0.1, 0.15) is 16.7 Å². The lowest BCUT2D eigenvalue weighted by Gasteiger charge is -2.11. The summed E-state index contributed by atoms with van der Waals surface area (Å²) < 4.78 is 18.7. The van der Waals surface area contributed by atoms with E-state index in [2.05, 4.69) is 0 Å². The Kier molecular flexibility index (Phi) is 6.68. The van der Waals surface area contributed by atoms with Gasteiger partial charge in [0.15, 0.2) is 5.75 Å². The van der Waals surface area contributed by atoms with Crippen molar-refractivity contribution < 1.29 is 14.1 Å². The number of hydrogen-bond acceptors (Lipinski definition) is 4. The Bertz CT molecular complexity index is 1150. The number of nitrogens with zero attached hydrogens (tertiary/aromatic N) is 2. The average molecular weight is 443 g/mol. The molecule has 0 atom stereocenters. The number of hydrogen-bond donors (Lipinski definition) is 0. The van der Waals surface area contributed by atoms with Gasteiger partial charge in [-0.15, -0.1) is 0 Å². The largest absolute Gasteiger partial charge is 0.486 e. The average Bonchev–Trinajstić information content (AvgIpc) is 2.72. The lowest BCUT2D eigenvalue weighted by atomic mass is 10.0. The van der Waals surface area contributed by atoms with Crippen LogP contribution in [0.25, 0.3) is 11.6 Å². The number of halogens is 3. The Hall–Kier alpha value is -3.40. The number of nitriles is 1. The van der Waals surface area contributed by atoms with Crippen LogP contribution >= 0.6 is 23.2 Å². The first-order chi connectivity index (χ1) is 14.4. The first kappa shape index (κ1) is 21.3. The molecule has 0 aromatic heterocycles. The molecule has 3 rings (SSSR count). The normalized spacial score (nSPS) is 11.1. The SMILES string of the molecule is N#CC(=Cc1cc(Cl)c(OCc2ccc(F)cc2)c(Cl)c1)c1cccc([N+](=O)[O-])c1. The van der Waals surface area contributed by atoms with Crippen LogP contribution in [0.4, 0.5) is 10.1 Å². The van der Waals surface area contributed by atoms with E-state index in [-0.39, 0.29) is 39.5 Å². The molecule has 0 bridgehead atoms. The summed E-state index contributed by atoms with van der Waals surface area (Å²) >= 11 is 12.6. The molecule has 0 amide bonds. The van der Waals surface area contributed by atoms with Gasteiger partial charge in [-0.25, -0.2) is 4.39 Å². The van der Waals surface area contributed by atoms with E-state index in [1.807, 2.05) is 6.07 Å². The Morgan fingerprint density at radius 3 is 2.40 bits per heavy atom. The zero-order valence-corrected chi connectivity index (χ0v) is 16.8. The Balaban J connectivity index is 1.86. The number of nitro benzene ring substituents is 1. The van der Waals surface area contributed by atoms with Crippen LogP contribution in [0, 0.1) is 27.3 Å². The van der Waals surface area contributed by atoms with Crippen molar-refractivity contribution in [2.24, 2.45) is 0 Å². The standard InChI is InChI=1S/C22H13Cl2FN2O3/c23-20-9-15(8-17(12-26)16-2-1-3-19(11-16)27(28)29)10-21(24)22(20)30-13-14-4-6-18(25)7-5-14/h1-11H,13H2. The minimum absolute atomic E-state index is 0.116. The number of rotatable bonds is 6. The highest BCUT2D eigenvalue weighted by atomic mass is 35.5. The van der Waals surface area contributed by atoms with Crippen molar-refractivity contribution in [1.82, 2.24) is 0 Å². The first-order valence-corrected chi connectivity index (χ1v) is 9.36. The third-order valence-corrected chi connectivity index (χ3v) is 4.68. The van der Waals surface area contributed by atoms with Crippen LogP contribution in [0.2, 0.25) is 10.0 Å². The third-order valence-electron chi connectivity index (χ3n) is 4.12. The summed E-state index contributed by atoms with van der Waals surface area (Å²) in [6.45, 7) is 0.145. The highest BCUT2D eigenvalue weighted by molar-refractivity contribution is 6.37. The van der Waals surface area contributed by atoms with Crippen LogP contribution in [0.15, 0.2) is 60.7 Å². The molecule has 0 aliphatic carbocycles. The maximum absolute atomic E-state index is 13.0. The van der Waals surface area contributed by atoms with Gasteiger partial charge in [0.05, 0.1) is 26.6 Å². The Morgan fingerprint density at radius 2 is 1.80 bits per heavy atom. The summed E-state index contributed by atoms with van der Waals surface area (Å²) in [6, 6.07) is 16.8. The summed E-state index contributed by atoms with van der Waals surface area (Å²) in [7, 11) is 0. The zero-order chi connectivity index (χ0) is 21.7. The van der Waals surface area contributed by atoms with Gasteiger partial charge in [0.25, 0.3) is 5.69 Å². The number of allylic oxidation sites excluding steroid dienone is 1. The summed E-state index contributed by atoms with van der Waals surface area (Å²) in [5.74, 6) is -0.0864. The van der Waals surface area contributed by atoms with Crippen molar-refractivity contribution in [3.63, 3.8) is 0 Å². The third kappa shape index (κ3) is 5.15. The van der Waals surface area contributed by atoms with Gasteiger partial charge in [-0.2, -0.15) is 5.26 Å². The van der Waals surface area contributed by atoms with E-state index in [1.165, 1.54) is 36.4 Å². The molecular formula is C22H13Cl2FN2O3.